The molecule has 3 rings (SSSR count). The van der Waals surface area contributed by atoms with Crippen molar-refractivity contribution in [3.05, 3.63) is 58.1 Å². The smallest absolute Gasteiger partial charge is 0.265 e. The Hall–Kier alpha value is -2.57. The SMILES string of the molecule is Cc1cc(O[C@H](C)C(=O)Nc2ccccc2C(=O)NC[C@@H]2CCCO2)cc(C)c1Cl. The van der Waals surface area contributed by atoms with Gasteiger partial charge in [0, 0.05) is 18.2 Å². The number of hydrogen-bond donors (Lipinski definition) is 2. The van der Waals surface area contributed by atoms with Gasteiger partial charge in [-0.05, 0) is 69.0 Å². The van der Waals surface area contributed by atoms with E-state index in [1.54, 1.807) is 43.3 Å². The van der Waals surface area contributed by atoms with E-state index in [1.165, 1.54) is 0 Å². The highest BCUT2D eigenvalue weighted by atomic mass is 35.5. The van der Waals surface area contributed by atoms with Crippen LogP contribution in [0.4, 0.5) is 5.69 Å². The second kappa shape index (κ2) is 9.96. The molecule has 160 valence electrons. The van der Waals surface area contributed by atoms with Crippen molar-refractivity contribution >= 4 is 29.1 Å². The number of aryl methyl sites for hydroxylation is 2. The first-order chi connectivity index (χ1) is 14.3. The molecule has 1 aliphatic heterocycles. The minimum absolute atomic E-state index is 0.0513. The van der Waals surface area contributed by atoms with Crippen molar-refractivity contribution in [1.29, 1.82) is 0 Å². The first-order valence-electron chi connectivity index (χ1n) is 10.1. The Morgan fingerprint density at radius 1 is 1.23 bits per heavy atom. The number of benzene rings is 2. The molecule has 30 heavy (non-hydrogen) atoms. The quantitative estimate of drug-likeness (QED) is 0.687. The van der Waals surface area contributed by atoms with E-state index in [4.69, 9.17) is 21.1 Å². The fourth-order valence-corrected chi connectivity index (χ4v) is 3.47. The number of carbonyl (C=O) groups is 2. The van der Waals surface area contributed by atoms with Gasteiger partial charge in [-0.2, -0.15) is 0 Å². The van der Waals surface area contributed by atoms with Gasteiger partial charge < -0.3 is 20.1 Å². The second-order valence-electron chi connectivity index (χ2n) is 7.51. The van der Waals surface area contributed by atoms with E-state index >= 15 is 0 Å². The van der Waals surface area contributed by atoms with Crippen LogP contribution in [-0.4, -0.2) is 37.2 Å². The molecule has 1 saturated heterocycles. The Kier molecular flexibility index (Phi) is 7.34. The van der Waals surface area contributed by atoms with Crippen molar-refractivity contribution in [2.45, 2.75) is 45.8 Å². The zero-order chi connectivity index (χ0) is 21.7. The summed E-state index contributed by atoms with van der Waals surface area (Å²) in [5.41, 5.74) is 2.60. The predicted octanol–water partition coefficient (Wildman–Crippen LogP) is 4.27. The Labute approximate surface area is 181 Å². The monoisotopic (exact) mass is 430 g/mol. The summed E-state index contributed by atoms with van der Waals surface area (Å²) >= 11 is 6.19. The molecule has 0 unspecified atom stereocenters. The maximum absolute atomic E-state index is 12.7. The molecule has 0 saturated carbocycles. The molecule has 1 aliphatic rings. The lowest BCUT2D eigenvalue weighted by molar-refractivity contribution is -0.122. The third kappa shape index (κ3) is 5.52. The number of amides is 2. The van der Waals surface area contributed by atoms with Gasteiger partial charge in [-0.15, -0.1) is 0 Å². The third-order valence-corrected chi connectivity index (χ3v) is 5.63. The molecule has 0 bridgehead atoms. The standard InChI is InChI=1S/C23H27ClN2O4/c1-14-11-18(12-15(2)21(14)24)30-16(3)22(27)26-20-9-5-4-8-19(20)23(28)25-13-17-7-6-10-29-17/h4-5,8-9,11-12,16-17H,6-7,10,13H2,1-3H3,(H,25,28)(H,26,27)/t16-,17+/m1/s1. The molecule has 0 aliphatic carbocycles. The van der Waals surface area contributed by atoms with Crippen LogP contribution in [0.3, 0.4) is 0 Å². The summed E-state index contributed by atoms with van der Waals surface area (Å²) in [5, 5.41) is 6.36. The van der Waals surface area contributed by atoms with E-state index in [9.17, 15) is 9.59 Å². The van der Waals surface area contributed by atoms with Crippen molar-refractivity contribution < 1.29 is 19.1 Å². The fraction of sp³-hybridized carbons (Fsp3) is 0.391. The molecule has 1 fully saturated rings. The third-order valence-electron chi connectivity index (χ3n) is 5.04. The molecule has 2 amide bonds. The summed E-state index contributed by atoms with van der Waals surface area (Å²) in [6, 6.07) is 10.5. The van der Waals surface area contributed by atoms with Crippen LogP contribution < -0.4 is 15.4 Å². The maximum Gasteiger partial charge on any atom is 0.265 e. The molecule has 0 spiro atoms. The minimum Gasteiger partial charge on any atom is -0.481 e. The zero-order valence-corrected chi connectivity index (χ0v) is 18.2. The van der Waals surface area contributed by atoms with Crippen LogP contribution in [0.1, 0.15) is 41.3 Å². The van der Waals surface area contributed by atoms with Crippen molar-refractivity contribution in [2.75, 3.05) is 18.5 Å². The highest BCUT2D eigenvalue weighted by Gasteiger charge is 2.21. The number of carbonyl (C=O) groups excluding carboxylic acids is 2. The van der Waals surface area contributed by atoms with Gasteiger partial charge in [-0.25, -0.2) is 0 Å². The van der Waals surface area contributed by atoms with Crippen LogP contribution >= 0.6 is 11.6 Å². The van der Waals surface area contributed by atoms with Crippen LogP contribution in [0.15, 0.2) is 36.4 Å². The average molecular weight is 431 g/mol. The largest absolute Gasteiger partial charge is 0.481 e. The number of rotatable bonds is 7. The molecule has 6 nitrogen and oxygen atoms in total. The molecule has 2 N–H and O–H groups in total. The lowest BCUT2D eigenvalue weighted by Gasteiger charge is -2.18. The van der Waals surface area contributed by atoms with E-state index in [-0.39, 0.29) is 17.9 Å². The zero-order valence-electron chi connectivity index (χ0n) is 17.5. The number of nitrogens with one attached hydrogen (secondary N) is 2. The molecule has 7 heteroatoms. The lowest BCUT2D eigenvalue weighted by atomic mass is 10.1. The fourth-order valence-electron chi connectivity index (χ4n) is 3.36. The number of halogens is 1. The Morgan fingerprint density at radius 3 is 2.60 bits per heavy atom. The van der Waals surface area contributed by atoms with Gasteiger partial charge in [0.25, 0.3) is 11.8 Å². The minimum atomic E-state index is -0.756. The van der Waals surface area contributed by atoms with Gasteiger partial charge in [0.1, 0.15) is 5.75 Å². The van der Waals surface area contributed by atoms with E-state index in [1.807, 2.05) is 13.8 Å². The molecular weight excluding hydrogens is 404 g/mol. The van der Waals surface area contributed by atoms with Crippen LogP contribution in [0.2, 0.25) is 5.02 Å². The van der Waals surface area contributed by atoms with Crippen LogP contribution in [0.25, 0.3) is 0 Å². The van der Waals surface area contributed by atoms with Gasteiger partial charge in [-0.1, -0.05) is 23.7 Å². The Bertz CT molecular complexity index is 902. The normalized spacial score (nSPS) is 16.7. The van der Waals surface area contributed by atoms with Crippen LogP contribution in [0, 0.1) is 13.8 Å². The van der Waals surface area contributed by atoms with Crippen molar-refractivity contribution in [3.63, 3.8) is 0 Å². The first kappa shape index (κ1) is 22.1. The van der Waals surface area contributed by atoms with Gasteiger partial charge in [0.15, 0.2) is 6.10 Å². The topological polar surface area (TPSA) is 76.7 Å². The molecule has 0 aromatic heterocycles. The van der Waals surface area contributed by atoms with E-state index < -0.39 is 6.10 Å². The predicted molar refractivity (Wildman–Crippen MR) is 117 cm³/mol. The van der Waals surface area contributed by atoms with Gasteiger partial charge in [0.05, 0.1) is 17.4 Å². The molecular formula is C23H27ClN2O4. The molecule has 0 radical (unpaired) electrons. The molecule has 2 aromatic rings. The van der Waals surface area contributed by atoms with Crippen LogP contribution in [0.5, 0.6) is 5.75 Å². The summed E-state index contributed by atoms with van der Waals surface area (Å²) in [6.45, 7) is 6.62. The number of para-hydroxylation sites is 1. The maximum atomic E-state index is 12.7. The van der Waals surface area contributed by atoms with E-state index in [0.29, 0.717) is 28.6 Å². The van der Waals surface area contributed by atoms with Crippen LogP contribution in [-0.2, 0) is 9.53 Å². The summed E-state index contributed by atoms with van der Waals surface area (Å²) in [6.07, 6.45) is 1.25. The van der Waals surface area contributed by atoms with E-state index in [0.717, 1.165) is 30.6 Å². The summed E-state index contributed by atoms with van der Waals surface area (Å²) in [5.74, 6) is -0.0294. The first-order valence-corrected chi connectivity index (χ1v) is 10.5. The Balaban J connectivity index is 1.63. The number of ether oxygens (including phenoxy) is 2. The van der Waals surface area contributed by atoms with Crippen molar-refractivity contribution in [2.24, 2.45) is 0 Å². The molecule has 2 atom stereocenters. The average Bonchev–Trinajstić information content (AvgIpc) is 3.24. The van der Waals surface area contributed by atoms with Gasteiger partial charge in [-0.3, -0.25) is 9.59 Å². The van der Waals surface area contributed by atoms with Gasteiger partial charge in [0.2, 0.25) is 0 Å². The highest BCUT2D eigenvalue weighted by Crippen LogP contribution is 2.26. The summed E-state index contributed by atoms with van der Waals surface area (Å²) in [4.78, 5) is 25.3. The highest BCUT2D eigenvalue weighted by molar-refractivity contribution is 6.32. The number of anilines is 1. The van der Waals surface area contributed by atoms with Crippen molar-refractivity contribution in [3.8, 4) is 5.75 Å². The second-order valence-corrected chi connectivity index (χ2v) is 7.89. The summed E-state index contributed by atoms with van der Waals surface area (Å²) < 4.78 is 11.3. The molecule has 2 aromatic carbocycles. The molecule has 1 heterocycles. The van der Waals surface area contributed by atoms with Gasteiger partial charge >= 0.3 is 0 Å². The number of hydrogen-bond acceptors (Lipinski definition) is 4. The Morgan fingerprint density at radius 2 is 1.93 bits per heavy atom. The summed E-state index contributed by atoms with van der Waals surface area (Å²) in [7, 11) is 0. The lowest BCUT2D eigenvalue weighted by Crippen LogP contribution is -2.34. The van der Waals surface area contributed by atoms with Crippen molar-refractivity contribution in [1.82, 2.24) is 5.32 Å². The van der Waals surface area contributed by atoms with E-state index in [2.05, 4.69) is 10.6 Å².